The van der Waals surface area contributed by atoms with Crippen LogP contribution in [0.1, 0.15) is 37.2 Å². The second-order valence-corrected chi connectivity index (χ2v) is 5.79. The number of likely N-dealkylation sites (tertiary alicyclic amines) is 1. The maximum Gasteiger partial charge on any atom is 0.304 e. The number of rotatable bonds is 7. The standard InChI is InChI=1S/C18H21NO4/c20-18(21)13-14-5-1-9-19(14)10-2-6-15(16-7-3-11-22-16)17-8-4-12-23-17/h3-4,6-8,11-12,14H,1-2,5,9-10,13H2,(H,20,21)/t14-/m0/s1. The summed E-state index contributed by atoms with van der Waals surface area (Å²) in [5.41, 5.74) is 0.939. The molecule has 1 saturated heterocycles. The van der Waals surface area contributed by atoms with Crippen molar-refractivity contribution in [1.82, 2.24) is 4.90 Å². The maximum absolute atomic E-state index is 10.9. The first-order chi connectivity index (χ1) is 11.2. The van der Waals surface area contributed by atoms with Crippen LogP contribution in [-0.4, -0.2) is 35.1 Å². The fourth-order valence-electron chi connectivity index (χ4n) is 3.18. The summed E-state index contributed by atoms with van der Waals surface area (Å²) in [5.74, 6) is 0.844. The van der Waals surface area contributed by atoms with Gasteiger partial charge in [0.05, 0.1) is 24.5 Å². The van der Waals surface area contributed by atoms with Crippen LogP contribution in [0.5, 0.6) is 0 Å². The number of carbonyl (C=O) groups is 1. The van der Waals surface area contributed by atoms with E-state index in [0.29, 0.717) is 0 Å². The van der Waals surface area contributed by atoms with Crippen molar-refractivity contribution in [2.24, 2.45) is 0 Å². The predicted octanol–water partition coefficient (Wildman–Crippen LogP) is 3.63. The van der Waals surface area contributed by atoms with E-state index in [0.717, 1.165) is 49.4 Å². The Bertz CT molecular complexity index is 606. The van der Waals surface area contributed by atoms with Crippen molar-refractivity contribution >= 4 is 11.5 Å². The molecule has 23 heavy (non-hydrogen) atoms. The van der Waals surface area contributed by atoms with Gasteiger partial charge in [-0.25, -0.2) is 0 Å². The van der Waals surface area contributed by atoms with Gasteiger partial charge in [-0.05, 0) is 50.1 Å². The highest BCUT2D eigenvalue weighted by Crippen LogP contribution is 2.26. The largest absolute Gasteiger partial charge is 0.481 e. The molecule has 2 aromatic heterocycles. The lowest BCUT2D eigenvalue weighted by Gasteiger charge is -2.22. The maximum atomic E-state index is 10.9. The van der Waals surface area contributed by atoms with Crippen molar-refractivity contribution in [1.29, 1.82) is 0 Å². The third kappa shape index (κ3) is 3.93. The van der Waals surface area contributed by atoms with Crippen LogP contribution in [-0.2, 0) is 4.79 Å². The molecule has 0 amide bonds. The molecule has 1 fully saturated rings. The number of hydrogen-bond acceptors (Lipinski definition) is 4. The van der Waals surface area contributed by atoms with Gasteiger partial charge >= 0.3 is 5.97 Å². The third-order valence-electron chi connectivity index (χ3n) is 4.25. The molecule has 0 unspecified atom stereocenters. The summed E-state index contributed by atoms with van der Waals surface area (Å²) in [4.78, 5) is 13.2. The van der Waals surface area contributed by atoms with Gasteiger partial charge in [0.1, 0.15) is 11.5 Å². The molecule has 122 valence electrons. The Hall–Kier alpha value is -2.27. The molecule has 1 aliphatic heterocycles. The van der Waals surface area contributed by atoms with Crippen molar-refractivity contribution in [3.63, 3.8) is 0 Å². The predicted molar refractivity (Wildman–Crippen MR) is 86.0 cm³/mol. The summed E-state index contributed by atoms with van der Waals surface area (Å²) in [5, 5.41) is 8.99. The van der Waals surface area contributed by atoms with Crippen LogP contribution >= 0.6 is 0 Å². The van der Waals surface area contributed by atoms with Gasteiger partial charge in [-0.3, -0.25) is 9.69 Å². The van der Waals surface area contributed by atoms with Gasteiger partial charge in [0.25, 0.3) is 0 Å². The number of hydrogen-bond donors (Lipinski definition) is 1. The van der Waals surface area contributed by atoms with Crippen LogP contribution in [0.25, 0.3) is 5.57 Å². The highest BCUT2D eigenvalue weighted by molar-refractivity contribution is 5.74. The minimum atomic E-state index is -0.718. The Balaban J connectivity index is 1.66. The summed E-state index contributed by atoms with van der Waals surface area (Å²) in [6.07, 6.45) is 8.50. The zero-order valence-electron chi connectivity index (χ0n) is 13.0. The van der Waals surface area contributed by atoms with E-state index < -0.39 is 5.97 Å². The van der Waals surface area contributed by atoms with Crippen LogP contribution < -0.4 is 0 Å². The first-order valence-corrected chi connectivity index (χ1v) is 7.98. The van der Waals surface area contributed by atoms with Gasteiger partial charge in [0, 0.05) is 12.6 Å². The summed E-state index contributed by atoms with van der Waals surface area (Å²) in [6.45, 7) is 1.82. The lowest BCUT2D eigenvalue weighted by molar-refractivity contribution is -0.138. The lowest BCUT2D eigenvalue weighted by Crippen LogP contribution is -2.32. The number of carboxylic acid groups (broad SMARTS) is 1. The fourth-order valence-corrected chi connectivity index (χ4v) is 3.18. The molecule has 5 heteroatoms. The Morgan fingerprint density at radius 1 is 1.26 bits per heavy atom. The Labute approximate surface area is 135 Å². The Morgan fingerprint density at radius 2 is 1.96 bits per heavy atom. The molecule has 0 saturated carbocycles. The molecule has 0 radical (unpaired) electrons. The van der Waals surface area contributed by atoms with Crippen molar-refractivity contribution in [2.75, 3.05) is 13.1 Å². The molecule has 0 bridgehead atoms. The average Bonchev–Trinajstić information content (AvgIpc) is 3.26. The van der Waals surface area contributed by atoms with Gasteiger partial charge in [0.2, 0.25) is 0 Å². The van der Waals surface area contributed by atoms with E-state index in [1.807, 2.05) is 24.3 Å². The highest BCUT2D eigenvalue weighted by Gasteiger charge is 2.25. The molecule has 1 atom stereocenters. The molecule has 2 aromatic rings. The zero-order chi connectivity index (χ0) is 16.1. The molecule has 0 aliphatic carbocycles. The van der Waals surface area contributed by atoms with E-state index in [4.69, 9.17) is 13.9 Å². The Kier molecular flexibility index (Phi) is 4.98. The molecular weight excluding hydrogens is 294 g/mol. The number of carboxylic acids is 1. The van der Waals surface area contributed by atoms with Gasteiger partial charge in [-0.15, -0.1) is 0 Å². The first-order valence-electron chi connectivity index (χ1n) is 7.98. The minimum absolute atomic E-state index is 0.163. The molecular formula is C18H21NO4. The summed E-state index contributed by atoms with van der Waals surface area (Å²) < 4.78 is 11.0. The van der Waals surface area contributed by atoms with E-state index in [1.165, 1.54) is 0 Å². The van der Waals surface area contributed by atoms with E-state index in [-0.39, 0.29) is 12.5 Å². The van der Waals surface area contributed by atoms with Crippen LogP contribution in [0.2, 0.25) is 0 Å². The van der Waals surface area contributed by atoms with Gasteiger partial charge < -0.3 is 13.9 Å². The topological polar surface area (TPSA) is 66.8 Å². The van der Waals surface area contributed by atoms with Crippen LogP contribution in [0.15, 0.2) is 51.7 Å². The third-order valence-corrected chi connectivity index (χ3v) is 4.25. The summed E-state index contributed by atoms with van der Waals surface area (Å²) >= 11 is 0. The van der Waals surface area contributed by atoms with Crippen molar-refractivity contribution in [3.05, 3.63) is 54.4 Å². The second-order valence-electron chi connectivity index (χ2n) is 5.79. The lowest BCUT2D eigenvalue weighted by atomic mass is 10.1. The van der Waals surface area contributed by atoms with Crippen LogP contribution in [0, 0.1) is 0 Å². The molecule has 1 aliphatic rings. The smallest absolute Gasteiger partial charge is 0.304 e. The van der Waals surface area contributed by atoms with Crippen molar-refractivity contribution < 1.29 is 18.7 Å². The first kappa shape index (κ1) is 15.6. The number of furan rings is 2. The van der Waals surface area contributed by atoms with Crippen LogP contribution in [0.3, 0.4) is 0 Å². The van der Waals surface area contributed by atoms with E-state index in [1.54, 1.807) is 12.5 Å². The molecule has 5 nitrogen and oxygen atoms in total. The van der Waals surface area contributed by atoms with Crippen LogP contribution in [0.4, 0.5) is 0 Å². The van der Waals surface area contributed by atoms with Gasteiger partial charge in [0.15, 0.2) is 0 Å². The average molecular weight is 315 g/mol. The SMILES string of the molecule is O=C(O)C[C@@H]1CCCN1CCC=C(c1ccco1)c1ccco1. The van der Waals surface area contributed by atoms with E-state index >= 15 is 0 Å². The normalized spacial score (nSPS) is 18.2. The van der Waals surface area contributed by atoms with Gasteiger partial charge in [-0.1, -0.05) is 6.08 Å². The molecule has 1 N–H and O–H groups in total. The second kappa shape index (κ2) is 7.33. The molecule has 0 spiro atoms. The zero-order valence-corrected chi connectivity index (χ0v) is 13.0. The minimum Gasteiger partial charge on any atom is -0.481 e. The molecule has 3 heterocycles. The molecule has 3 rings (SSSR count). The highest BCUT2D eigenvalue weighted by atomic mass is 16.4. The monoisotopic (exact) mass is 315 g/mol. The van der Waals surface area contributed by atoms with Crippen molar-refractivity contribution in [3.8, 4) is 0 Å². The van der Waals surface area contributed by atoms with E-state index in [2.05, 4.69) is 11.0 Å². The number of nitrogens with zero attached hydrogens (tertiary/aromatic N) is 1. The van der Waals surface area contributed by atoms with Gasteiger partial charge in [-0.2, -0.15) is 0 Å². The quantitative estimate of drug-likeness (QED) is 0.845. The summed E-state index contributed by atoms with van der Waals surface area (Å²) in [6, 6.07) is 7.70. The Morgan fingerprint density at radius 3 is 2.52 bits per heavy atom. The fraction of sp³-hybridized carbons (Fsp3) is 0.389. The summed E-state index contributed by atoms with van der Waals surface area (Å²) in [7, 11) is 0. The molecule has 0 aromatic carbocycles. The van der Waals surface area contributed by atoms with E-state index in [9.17, 15) is 4.79 Å². The van der Waals surface area contributed by atoms with Crippen molar-refractivity contribution in [2.45, 2.75) is 31.7 Å². The number of aliphatic carboxylic acids is 1.